The van der Waals surface area contributed by atoms with E-state index >= 15 is 0 Å². The topological polar surface area (TPSA) is 32.7 Å². The molecule has 1 aromatic rings. The fourth-order valence-corrected chi connectivity index (χ4v) is 3.29. The van der Waals surface area contributed by atoms with Crippen LogP contribution in [-0.2, 0) is 4.74 Å². The maximum Gasteiger partial charge on any atom is 0.0813 e. The zero-order valence-corrected chi connectivity index (χ0v) is 13.7. The van der Waals surface area contributed by atoms with Crippen LogP contribution < -0.4 is 0 Å². The molecule has 0 spiro atoms. The number of aliphatic hydroxyl groups excluding tert-OH is 1. The number of halogens is 1. The van der Waals surface area contributed by atoms with Crippen LogP contribution in [0.4, 0.5) is 0 Å². The summed E-state index contributed by atoms with van der Waals surface area (Å²) in [6, 6.07) is 7.90. The Labute approximate surface area is 130 Å². The standard InChI is InChI=1S/C16H24BrNO2/c1-2-20-13-7-10-18(11-8-13)12-9-16(19)14-5-3-4-6-15(14)17/h3-6,13,16,19H,2,7-12H2,1H3. The van der Waals surface area contributed by atoms with Gasteiger partial charge in [0.15, 0.2) is 0 Å². The quantitative estimate of drug-likeness (QED) is 0.860. The molecule has 0 saturated carbocycles. The number of hydrogen-bond donors (Lipinski definition) is 1. The van der Waals surface area contributed by atoms with Crippen LogP contribution in [0.2, 0.25) is 0 Å². The zero-order chi connectivity index (χ0) is 14.4. The van der Waals surface area contributed by atoms with E-state index in [1.807, 2.05) is 24.3 Å². The van der Waals surface area contributed by atoms with E-state index in [-0.39, 0.29) is 0 Å². The molecule has 2 rings (SSSR count). The van der Waals surface area contributed by atoms with E-state index in [1.54, 1.807) is 0 Å². The van der Waals surface area contributed by atoms with Crippen LogP contribution in [0.25, 0.3) is 0 Å². The van der Waals surface area contributed by atoms with E-state index in [2.05, 4.69) is 27.8 Å². The molecule has 1 fully saturated rings. The van der Waals surface area contributed by atoms with Gasteiger partial charge in [-0.1, -0.05) is 34.1 Å². The highest BCUT2D eigenvalue weighted by atomic mass is 79.9. The molecular formula is C16H24BrNO2. The maximum absolute atomic E-state index is 10.3. The van der Waals surface area contributed by atoms with E-state index in [4.69, 9.17) is 4.74 Å². The molecular weight excluding hydrogens is 318 g/mol. The average molecular weight is 342 g/mol. The van der Waals surface area contributed by atoms with Crippen molar-refractivity contribution in [2.45, 2.75) is 38.4 Å². The van der Waals surface area contributed by atoms with E-state index in [0.29, 0.717) is 6.10 Å². The number of benzene rings is 1. The Morgan fingerprint density at radius 1 is 1.35 bits per heavy atom. The van der Waals surface area contributed by atoms with Crippen molar-refractivity contribution in [3.05, 3.63) is 34.3 Å². The SMILES string of the molecule is CCOC1CCN(CCC(O)c2ccccc2Br)CC1. The highest BCUT2D eigenvalue weighted by Gasteiger charge is 2.20. The minimum atomic E-state index is -0.393. The predicted molar refractivity (Wildman–Crippen MR) is 84.8 cm³/mol. The van der Waals surface area contributed by atoms with Crippen molar-refractivity contribution in [2.75, 3.05) is 26.2 Å². The first-order valence-electron chi connectivity index (χ1n) is 7.47. The van der Waals surface area contributed by atoms with Gasteiger partial charge in [0.05, 0.1) is 12.2 Å². The van der Waals surface area contributed by atoms with Gasteiger partial charge in [-0.2, -0.15) is 0 Å². The molecule has 1 N–H and O–H groups in total. The first-order chi connectivity index (χ1) is 9.70. The van der Waals surface area contributed by atoms with Gasteiger partial charge in [0.1, 0.15) is 0 Å². The van der Waals surface area contributed by atoms with Crippen molar-refractivity contribution in [1.29, 1.82) is 0 Å². The van der Waals surface area contributed by atoms with Crippen molar-refractivity contribution in [3.8, 4) is 0 Å². The Morgan fingerprint density at radius 3 is 2.70 bits per heavy atom. The van der Waals surface area contributed by atoms with Crippen molar-refractivity contribution in [2.24, 2.45) is 0 Å². The second kappa shape index (κ2) is 8.13. The molecule has 4 heteroatoms. The zero-order valence-electron chi connectivity index (χ0n) is 12.1. The van der Waals surface area contributed by atoms with Crippen molar-refractivity contribution in [1.82, 2.24) is 4.90 Å². The van der Waals surface area contributed by atoms with Crippen molar-refractivity contribution >= 4 is 15.9 Å². The first kappa shape index (κ1) is 16.0. The fourth-order valence-electron chi connectivity index (χ4n) is 2.74. The lowest BCUT2D eigenvalue weighted by Crippen LogP contribution is -2.38. The lowest BCUT2D eigenvalue weighted by atomic mass is 10.0. The van der Waals surface area contributed by atoms with Gasteiger partial charge in [-0.25, -0.2) is 0 Å². The average Bonchev–Trinajstić information content (AvgIpc) is 2.47. The second-order valence-corrected chi connectivity index (χ2v) is 6.18. The Balaban J connectivity index is 1.75. The molecule has 0 aliphatic carbocycles. The van der Waals surface area contributed by atoms with Crippen LogP contribution in [0.5, 0.6) is 0 Å². The summed E-state index contributed by atoms with van der Waals surface area (Å²) < 4.78 is 6.65. The number of nitrogens with zero attached hydrogens (tertiary/aromatic N) is 1. The summed E-state index contributed by atoms with van der Waals surface area (Å²) >= 11 is 3.50. The van der Waals surface area contributed by atoms with Gasteiger partial charge < -0.3 is 14.7 Å². The molecule has 1 aliphatic rings. The molecule has 3 nitrogen and oxygen atoms in total. The summed E-state index contributed by atoms with van der Waals surface area (Å²) in [5, 5.41) is 10.3. The van der Waals surface area contributed by atoms with Gasteiger partial charge in [-0.15, -0.1) is 0 Å². The maximum atomic E-state index is 10.3. The third kappa shape index (κ3) is 4.55. The van der Waals surface area contributed by atoms with E-state index in [1.165, 1.54) is 0 Å². The summed E-state index contributed by atoms with van der Waals surface area (Å²) in [6.45, 7) is 5.97. The van der Waals surface area contributed by atoms with Gasteiger partial charge in [-0.3, -0.25) is 0 Å². The summed E-state index contributed by atoms with van der Waals surface area (Å²) in [4.78, 5) is 2.43. The molecule has 1 aliphatic heterocycles. The highest BCUT2D eigenvalue weighted by molar-refractivity contribution is 9.10. The number of rotatable bonds is 6. The Bertz CT molecular complexity index is 405. The number of ether oxygens (including phenoxy) is 1. The summed E-state index contributed by atoms with van der Waals surface area (Å²) in [5.41, 5.74) is 0.983. The van der Waals surface area contributed by atoms with Gasteiger partial charge in [0, 0.05) is 30.7 Å². The largest absolute Gasteiger partial charge is 0.388 e. The van der Waals surface area contributed by atoms with Crippen LogP contribution in [-0.4, -0.2) is 42.4 Å². The lowest BCUT2D eigenvalue weighted by molar-refractivity contribution is 0.0112. The fraction of sp³-hybridized carbons (Fsp3) is 0.625. The Hall–Kier alpha value is -0.420. The van der Waals surface area contributed by atoms with E-state index in [0.717, 1.165) is 55.5 Å². The molecule has 1 unspecified atom stereocenters. The second-order valence-electron chi connectivity index (χ2n) is 5.32. The predicted octanol–water partition coefficient (Wildman–Crippen LogP) is 3.37. The van der Waals surface area contributed by atoms with Crippen LogP contribution in [0.15, 0.2) is 28.7 Å². The molecule has 1 atom stereocenters. The molecule has 0 radical (unpaired) electrons. The summed E-state index contributed by atoms with van der Waals surface area (Å²) in [5.74, 6) is 0. The third-order valence-corrected chi connectivity index (χ3v) is 4.64. The molecule has 20 heavy (non-hydrogen) atoms. The molecule has 1 heterocycles. The Kier molecular flexibility index (Phi) is 6.49. The van der Waals surface area contributed by atoms with Crippen LogP contribution >= 0.6 is 15.9 Å². The minimum absolute atomic E-state index is 0.393. The van der Waals surface area contributed by atoms with E-state index < -0.39 is 6.10 Å². The third-order valence-electron chi connectivity index (χ3n) is 3.92. The minimum Gasteiger partial charge on any atom is -0.388 e. The van der Waals surface area contributed by atoms with E-state index in [9.17, 15) is 5.11 Å². The van der Waals surface area contributed by atoms with Gasteiger partial charge >= 0.3 is 0 Å². The van der Waals surface area contributed by atoms with Crippen LogP contribution in [0.1, 0.15) is 37.9 Å². The normalized spacial score (nSPS) is 19.1. The van der Waals surface area contributed by atoms with Gasteiger partial charge in [0.2, 0.25) is 0 Å². The number of aliphatic hydroxyl groups is 1. The van der Waals surface area contributed by atoms with Crippen molar-refractivity contribution in [3.63, 3.8) is 0 Å². The molecule has 112 valence electrons. The number of piperidine rings is 1. The summed E-state index contributed by atoms with van der Waals surface area (Å²) in [6.07, 6.45) is 3.04. The molecule has 0 bridgehead atoms. The highest BCUT2D eigenvalue weighted by Crippen LogP contribution is 2.26. The smallest absolute Gasteiger partial charge is 0.0813 e. The van der Waals surface area contributed by atoms with Gasteiger partial charge in [0.25, 0.3) is 0 Å². The van der Waals surface area contributed by atoms with Crippen molar-refractivity contribution < 1.29 is 9.84 Å². The Morgan fingerprint density at radius 2 is 2.05 bits per heavy atom. The summed E-state index contributed by atoms with van der Waals surface area (Å²) in [7, 11) is 0. The number of likely N-dealkylation sites (tertiary alicyclic amines) is 1. The number of hydrogen-bond acceptors (Lipinski definition) is 3. The monoisotopic (exact) mass is 341 g/mol. The van der Waals surface area contributed by atoms with Crippen LogP contribution in [0.3, 0.4) is 0 Å². The van der Waals surface area contributed by atoms with Gasteiger partial charge in [-0.05, 0) is 37.8 Å². The molecule has 0 aromatic heterocycles. The lowest BCUT2D eigenvalue weighted by Gasteiger charge is -2.32. The molecule has 1 aromatic carbocycles. The first-order valence-corrected chi connectivity index (χ1v) is 8.26. The van der Waals surface area contributed by atoms with Crippen LogP contribution in [0, 0.1) is 0 Å². The molecule has 0 amide bonds. The molecule has 1 saturated heterocycles.